The van der Waals surface area contributed by atoms with Gasteiger partial charge in [0.25, 0.3) is 0 Å². The molecule has 0 saturated carbocycles. The SMILES string of the molecule is O=C(CCc1ccccc1F)N[C@H]1COC[C@@H]1N1CCCCC1. The molecule has 2 saturated heterocycles. The summed E-state index contributed by atoms with van der Waals surface area (Å²) in [5.41, 5.74) is 0.595. The number of halogens is 1. The molecule has 1 aromatic carbocycles. The van der Waals surface area contributed by atoms with Crippen molar-refractivity contribution in [2.75, 3.05) is 26.3 Å². The van der Waals surface area contributed by atoms with Crippen molar-refractivity contribution in [3.63, 3.8) is 0 Å². The van der Waals surface area contributed by atoms with E-state index in [9.17, 15) is 9.18 Å². The average molecular weight is 320 g/mol. The van der Waals surface area contributed by atoms with E-state index in [0.717, 1.165) is 13.1 Å². The van der Waals surface area contributed by atoms with E-state index in [1.165, 1.54) is 25.3 Å². The summed E-state index contributed by atoms with van der Waals surface area (Å²) in [6.45, 7) is 3.45. The van der Waals surface area contributed by atoms with Crippen LogP contribution in [0.5, 0.6) is 0 Å². The van der Waals surface area contributed by atoms with Gasteiger partial charge in [-0.2, -0.15) is 0 Å². The summed E-state index contributed by atoms with van der Waals surface area (Å²) >= 11 is 0. The third kappa shape index (κ3) is 4.30. The zero-order valence-corrected chi connectivity index (χ0v) is 13.5. The normalized spacial score (nSPS) is 25.4. The number of rotatable bonds is 5. The summed E-state index contributed by atoms with van der Waals surface area (Å²) in [7, 11) is 0. The van der Waals surface area contributed by atoms with Gasteiger partial charge < -0.3 is 10.1 Å². The molecule has 3 rings (SSSR count). The van der Waals surface area contributed by atoms with Crippen molar-refractivity contribution in [2.45, 2.75) is 44.2 Å². The predicted molar refractivity (Wildman–Crippen MR) is 86.7 cm³/mol. The summed E-state index contributed by atoms with van der Waals surface area (Å²) in [6.07, 6.45) is 4.49. The number of hydrogen-bond acceptors (Lipinski definition) is 3. The second-order valence-electron chi connectivity index (χ2n) is 6.47. The minimum Gasteiger partial charge on any atom is -0.378 e. The Morgan fingerprint density at radius 2 is 2.00 bits per heavy atom. The van der Waals surface area contributed by atoms with Gasteiger partial charge in [-0.15, -0.1) is 0 Å². The van der Waals surface area contributed by atoms with E-state index >= 15 is 0 Å². The first-order chi connectivity index (χ1) is 11.2. The van der Waals surface area contributed by atoms with Crippen molar-refractivity contribution in [3.05, 3.63) is 35.6 Å². The smallest absolute Gasteiger partial charge is 0.220 e. The highest BCUT2D eigenvalue weighted by Crippen LogP contribution is 2.19. The van der Waals surface area contributed by atoms with Gasteiger partial charge in [0, 0.05) is 6.42 Å². The van der Waals surface area contributed by atoms with E-state index in [1.54, 1.807) is 18.2 Å². The summed E-state index contributed by atoms with van der Waals surface area (Å²) in [5.74, 6) is -0.263. The number of benzene rings is 1. The van der Waals surface area contributed by atoms with E-state index in [-0.39, 0.29) is 23.8 Å². The van der Waals surface area contributed by atoms with Crippen molar-refractivity contribution in [1.82, 2.24) is 10.2 Å². The maximum atomic E-state index is 13.6. The maximum Gasteiger partial charge on any atom is 0.220 e. The van der Waals surface area contributed by atoms with Crippen LogP contribution in [0.15, 0.2) is 24.3 Å². The summed E-state index contributed by atoms with van der Waals surface area (Å²) in [5, 5.41) is 3.09. The van der Waals surface area contributed by atoms with E-state index < -0.39 is 0 Å². The van der Waals surface area contributed by atoms with Crippen molar-refractivity contribution >= 4 is 5.91 Å². The summed E-state index contributed by atoms with van der Waals surface area (Å²) in [4.78, 5) is 14.6. The number of piperidine rings is 1. The van der Waals surface area contributed by atoms with Gasteiger partial charge >= 0.3 is 0 Å². The molecule has 0 spiro atoms. The van der Waals surface area contributed by atoms with Crippen LogP contribution in [0.4, 0.5) is 4.39 Å². The van der Waals surface area contributed by atoms with Gasteiger partial charge in [0.2, 0.25) is 5.91 Å². The minimum absolute atomic E-state index is 0.0224. The van der Waals surface area contributed by atoms with Crippen LogP contribution in [0.1, 0.15) is 31.2 Å². The number of amides is 1. The molecule has 0 aliphatic carbocycles. The van der Waals surface area contributed by atoms with Gasteiger partial charge in [0.05, 0.1) is 25.3 Å². The standard InChI is InChI=1S/C18H25FN2O2/c19-15-7-3-2-6-14(15)8-9-18(22)20-16-12-23-13-17(16)21-10-4-1-5-11-21/h2-3,6-7,16-17H,1,4-5,8-13H2,(H,20,22)/t16-,17-/m0/s1. The minimum atomic E-state index is -0.240. The Kier molecular flexibility index (Phi) is 5.62. The lowest BCUT2D eigenvalue weighted by molar-refractivity contribution is -0.122. The summed E-state index contributed by atoms with van der Waals surface area (Å²) in [6, 6.07) is 6.97. The molecule has 23 heavy (non-hydrogen) atoms. The molecule has 1 amide bonds. The topological polar surface area (TPSA) is 41.6 Å². The van der Waals surface area contributed by atoms with E-state index in [4.69, 9.17) is 4.74 Å². The molecule has 2 fully saturated rings. The zero-order chi connectivity index (χ0) is 16.1. The monoisotopic (exact) mass is 320 g/mol. The zero-order valence-electron chi connectivity index (χ0n) is 13.5. The molecule has 2 aliphatic rings. The highest BCUT2D eigenvalue weighted by molar-refractivity contribution is 5.76. The fraction of sp³-hybridized carbons (Fsp3) is 0.611. The molecule has 0 radical (unpaired) electrons. The lowest BCUT2D eigenvalue weighted by atomic mass is 10.0. The van der Waals surface area contributed by atoms with Crippen molar-refractivity contribution in [1.29, 1.82) is 0 Å². The molecule has 126 valence electrons. The van der Waals surface area contributed by atoms with E-state index in [0.29, 0.717) is 31.6 Å². The number of nitrogens with one attached hydrogen (secondary N) is 1. The molecular formula is C18H25FN2O2. The fourth-order valence-corrected chi connectivity index (χ4v) is 3.52. The maximum absolute atomic E-state index is 13.6. The molecule has 2 atom stereocenters. The van der Waals surface area contributed by atoms with Crippen molar-refractivity contribution in [2.24, 2.45) is 0 Å². The Hall–Kier alpha value is -1.46. The van der Waals surface area contributed by atoms with Gasteiger partial charge in [0.1, 0.15) is 5.82 Å². The Morgan fingerprint density at radius 3 is 2.78 bits per heavy atom. The van der Waals surface area contributed by atoms with Crippen LogP contribution in [0, 0.1) is 5.82 Å². The van der Waals surface area contributed by atoms with Gasteiger partial charge in [-0.1, -0.05) is 24.6 Å². The third-order valence-electron chi connectivity index (χ3n) is 4.84. The van der Waals surface area contributed by atoms with Crippen molar-refractivity contribution in [3.8, 4) is 0 Å². The van der Waals surface area contributed by atoms with Gasteiger partial charge in [0.15, 0.2) is 0 Å². The molecule has 4 nitrogen and oxygen atoms in total. The van der Waals surface area contributed by atoms with Crippen LogP contribution in [0.3, 0.4) is 0 Å². The summed E-state index contributed by atoms with van der Waals surface area (Å²) < 4.78 is 19.2. The fourth-order valence-electron chi connectivity index (χ4n) is 3.52. The van der Waals surface area contributed by atoms with E-state index in [1.807, 2.05) is 0 Å². The van der Waals surface area contributed by atoms with Crippen LogP contribution in [-0.4, -0.2) is 49.2 Å². The number of ether oxygens (including phenoxy) is 1. The molecule has 0 unspecified atom stereocenters. The number of aryl methyl sites for hydroxylation is 1. The first-order valence-corrected chi connectivity index (χ1v) is 8.58. The van der Waals surface area contributed by atoms with Gasteiger partial charge in [-0.3, -0.25) is 9.69 Å². The van der Waals surface area contributed by atoms with Crippen LogP contribution in [0.25, 0.3) is 0 Å². The quantitative estimate of drug-likeness (QED) is 0.904. The third-order valence-corrected chi connectivity index (χ3v) is 4.84. The molecule has 2 heterocycles. The van der Waals surface area contributed by atoms with Crippen LogP contribution >= 0.6 is 0 Å². The Bertz CT molecular complexity index is 532. The Labute approximate surface area is 137 Å². The molecule has 5 heteroatoms. The molecule has 0 aromatic heterocycles. The second-order valence-corrected chi connectivity index (χ2v) is 6.47. The first kappa shape index (κ1) is 16.4. The van der Waals surface area contributed by atoms with Crippen molar-refractivity contribution < 1.29 is 13.9 Å². The molecular weight excluding hydrogens is 295 g/mol. The molecule has 2 aliphatic heterocycles. The van der Waals surface area contributed by atoms with Crippen LogP contribution in [-0.2, 0) is 16.0 Å². The Morgan fingerprint density at radius 1 is 1.22 bits per heavy atom. The van der Waals surface area contributed by atoms with Crippen LogP contribution in [0.2, 0.25) is 0 Å². The van der Waals surface area contributed by atoms with Gasteiger partial charge in [-0.05, 0) is 44.0 Å². The number of carbonyl (C=O) groups is 1. The van der Waals surface area contributed by atoms with E-state index in [2.05, 4.69) is 10.2 Å². The average Bonchev–Trinajstić information content (AvgIpc) is 3.03. The molecule has 0 bridgehead atoms. The highest BCUT2D eigenvalue weighted by atomic mass is 19.1. The lowest BCUT2D eigenvalue weighted by Crippen LogP contribution is -2.52. The number of carbonyl (C=O) groups excluding carboxylic acids is 1. The number of likely N-dealkylation sites (tertiary alicyclic amines) is 1. The van der Waals surface area contributed by atoms with Gasteiger partial charge in [-0.25, -0.2) is 4.39 Å². The number of hydrogen-bond donors (Lipinski definition) is 1. The Balaban J connectivity index is 1.49. The van der Waals surface area contributed by atoms with Crippen LogP contribution < -0.4 is 5.32 Å². The predicted octanol–water partition coefficient (Wildman–Crippen LogP) is 2.13. The highest BCUT2D eigenvalue weighted by Gasteiger charge is 2.34. The second kappa shape index (κ2) is 7.88. The number of nitrogens with zero attached hydrogens (tertiary/aromatic N) is 1. The lowest BCUT2D eigenvalue weighted by Gasteiger charge is -2.34. The largest absolute Gasteiger partial charge is 0.378 e. The molecule has 1 N–H and O–H groups in total. The molecule has 1 aromatic rings. The first-order valence-electron chi connectivity index (χ1n) is 8.58.